The van der Waals surface area contributed by atoms with E-state index in [4.69, 9.17) is 0 Å². The largest absolute Gasteiger partial charge is 0.390 e. The van der Waals surface area contributed by atoms with E-state index in [2.05, 4.69) is 25.8 Å². The average Bonchev–Trinajstić information content (AvgIpc) is 3.14. The number of hydrogen-bond donors (Lipinski definition) is 3. The zero-order valence-corrected chi connectivity index (χ0v) is 15.4. The van der Waals surface area contributed by atoms with Gasteiger partial charge < -0.3 is 10.6 Å². The molecule has 6 nitrogen and oxygen atoms in total. The quantitative estimate of drug-likeness (QED) is 0.590. The van der Waals surface area contributed by atoms with Gasteiger partial charge in [-0.15, -0.1) is 0 Å². The van der Waals surface area contributed by atoms with E-state index in [0.717, 1.165) is 11.1 Å². The second-order valence-corrected chi connectivity index (χ2v) is 6.69. The zero-order chi connectivity index (χ0) is 20.3. The van der Waals surface area contributed by atoms with Crippen molar-refractivity contribution in [3.8, 4) is 11.1 Å². The van der Waals surface area contributed by atoms with E-state index >= 15 is 0 Å². The predicted molar refractivity (Wildman–Crippen MR) is 101 cm³/mol. The Bertz CT molecular complexity index is 968. The third-order valence-electron chi connectivity index (χ3n) is 4.07. The van der Waals surface area contributed by atoms with Gasteiger partial charge in [-0.3, -0.25) is 14.9 Å². The van der Waals surface area contributed by atoms with Crippen LogP contribution < -0.4 is 10.6 Å². The van der Waals surface area contributed by atoms with Crippen LogP contribution in [0.2, 0.25) is 0 Å². The fourth-order valence-corrected chi connectivity index (χ4v) is 2.81. The molecule has 0 unspecified atom stereocenters. The number of fused-ring (bicyclic) bond motifs is 1. The highest BCUT2D eigenvalue weighted by molar-refractivity contribution is 6.07. The Balaban J connectivity index is 2.00. The van der Waals surface area contributed by atoms with Crippen molar-refractivity contribution < 1.29 is 18.0 Å². The monoisotopic (exact) mass is 391 g/mol. The number of carbonyl (C=O) groups excluding carboxylic acids is 1. The van der Waals surface area contributed by atoms with Gasteiger partial charge in [0.2, 0.25) is 0 Å². The third kappa shape index (κ3) is 4.59. The minimum absolute atomic E-state index is 0.00454. The number of aromatic nitrogens is 3. The van der Waals surface area contributed by atoms with Crippen LogP contribution in [0, 0.1) is 0 Å². The molecule has 0 saturated heterocycles. The summed E-state index contributed by atoms with van der Waals surface area (Å²) in [5.74, 6) is -0.601. The second-order valence-electron chi connectivity index (χ2n) is 6.69. The third-order valence-corrected chi connectivity index (χ3v) is 4.07. The number of nitrogens with one attached hydrogen (secondary N) is 3. The van der Waals surface area contributed by atoms with Crippen LogP contribution in [-0.4, -0.2) is 39.9 Å². The van der Waals surface area contributed by atoms with Gasteiger partial charge in [0.1, 0.15) is 0 Å². The summed E-state index contributed by atoms with van der Waals surface area (Å²) in [6, 6.07) is 5.60. The zero-order valence-electron chi connectivity index (χ0n) is 15.4. The van der Waals surface area contributed by atoms with Crippen LogP contribution in [0.25, 0.3) is 22.0 Å². The maximum atomic E-state index is 12.5. The number of benzene rings is 1. The number of rotatable bonds is 6. The van der Waals surface area contributed by atoms with Gasteiger partial charge >= 0.3 is 6.18 Å². The summed E-state index contributed by atoms with van der Waals surface area (Å²) in [5, 5.41) is 12.9. The van der Waals surface area contributed by atoms with Crippen LogP contribution in [-0.2, 0) is 0 Å². The molecular formula is C19H20F3N5O. The lowest BCUT2D eigenvalue weighted by atomic mass is 10.0. The summed E-state index contributed by atoms with van der Waals surface area (Å²) >= 11 is 0. The first-order valence-corrected chi connectivity index (χ1v) is 8.78. The molecule has 2 aromatic heterocycles. The molecule has 0 aliphatic heterocycles. The van der Waals surface area contributed by atoms with Gasteiger partial charge in [0.15, 0.2) is 0 Å². The summed E-state index contributed by atoms with van der Waals surface area (Å²) in [5.41, 5.74) is 3.16. The molecule has 0 atom stereocenters. The Hall–Kier alpha value is -3.10. The number of amides is 1. The Morgan fingerprint density at radius 1 is 1.21 bits per heavy atom. The van der Waals surface area contributed by atoms with Gasteiger partial charge in [-0.2, -0.15) is 18.3 Å². The first-order valence-electron chi connectivity index (χ1n) is 8.78. The molecule has 3 aromatic rings. The topological polar surface area (TPSA) is 82.7 Å². The van der Waals surface area contributed by atoms with Crippen LogP contribution in [0.15, 0.2) is 36.8 Å². The van der Waals surface area contributed by atoms with E-state index in [-0.39, 0.29) is 11.6 Å². The van der Waals surface area contributed by atoms with Gasteiger partial charge in [-0.05, 0) is 31.5 Å². The number of H-pyrrole nitrogens is 1. The van der Waals surface area contributed by atoms with E-state index < -0.39 is 25.0 Å². The minimum atomic E-state index is -4.33. The van der Waals surface area contributed by atoms with Crippen molar-refractivity contribution in [2.75, 3.05) is 11.9 Å². The molecular weight excluding hydrogens is 371 g/mol. The molecule has 1 aromatic carbocycles. The lowest BCUT2D eigenvalue weighted by Crippen LogP contribution is -2.29. The summed E-state index contributed by atoms with van der Waals surface area (Å²) < 4.78 is 37.1. The number of carbonyl (C=O) groups is 1. The maximum absolute atomic E-state index is 12.5. The van der Waals surface area contributed by atoms with Gasteiger partial charge in [0.05, 0.1) is 29.4 Å². The van der Waals surface area contributed by atoms with Crippen molar-refractivity contribution in [3.63, 3.8) is 0 Å². The van der Waals surface area contributed by atoms with Gasteiger partial charge in [-0.25, -0.2) is 0 Å². The molecule has 0 aliphatic rings. The molecule has 3 N–H and O–H groups in total. The first kappa shape index (κ1) is 19.7. The number of anilines is 1. The van der Waals surface area contributed by atoms with E-state index in [1.165, 1.54) is 6.20 Å². The molecule has 3 rings (SSSR count). The molecule has 0 aliphatic carbocycles. The maximum Gasteiger partial charge on any atom is 0.390 e. The number of halogens is 3. The Kier molecular flexibility index (Phi) is 5.53. The molecule has 0 bridgehead atoms. The molecule has 1 amide bonds. The number of aromatic amines is 1. The molecule has 2 heterocycles. The fraction of sp³-hybridized carbons (Fsp3) is 0.316. The van der Waals surface area contributed by atoms with Crippen molar-refractivity contribution >= 4 is 22.5 Å². The highest BCUT2D eigenvalue weighted by Crippen LogP contribution is 2.31. The highest BCUT2D eigenvalue weighted by atomic mass is 19.4. The van der Waals surface area contributed by atoms with Crippen LogP contribution in [0.4, 0.5) is 18.9 Å². The molecule has 0 fully saturated rings. The summed E-state index contributed by atoms with van der Waals surface area (Å²) in [4.78, 5) is 16.8. The second kappa shape index (κ2) is 7.87. The lowest BCUT2D eigenvalue weighted by molar-refractivity contribution is -0.132. The molecule has 9 heteroatoms. The Labute approximate surface area is 159 Å². The van der Waals surface area contributed by atoms with E-state index in [9.17, 15) is 18.0 Å². The van der Waals surface area contributed by atoms with Crippen molar-refractivity contribution in [2.24, 2.45) is 0 Å². The van der Waals surface area contributed by atoms with Crippen molar-refractivity contribution in [1.29, 1.82) is 0 Å². The van der Waals surface area contributed by atoms with Crippen LogP contribution in [0.3, 0.4) is 0 Å². The highest BCUT2D eigenvalue weighted by Gasteiger charge is 2.27. The van der Waals surface area contributed by atoms with Crippen molar-refractivity contribution in [3.05, 3.63) is 42.4 Å². The number of alkyl halides is 3. The van der Waals surface area contributed by atoms with Gasteiger partial charge in [0, 0.05) is 35.9 Å². The molecule has 28 heavy (non-hydrogen) atoms. The van der Waals surface area contributed by atoms with Crippen molar-refractivity contribution in [1.82, 2.24) is 20.5 Å². The van der Waals surface area contributed by atoms with Gasteiger partial charge in [-0.1, -0.05) is 6.07 Å². The Morgan fingerprint density at radius 3 is 2.64 bits per heavy atom. The number of hydrogen-bond acceptors (Lipinski definition) is 4. The first-order chi connectivity index (χ1) is 13.2. The standard InChI is InChI=1S/C19H20F3N5O/c1-11(2)27-17-14-7-12(13-8-25-26-9-13)3-4-16(14)24-10-15(17)18(28)23-6-5-19(20,21)22/h3-4,7-11H,5-6H2,1-2H3,(H,23,28)(H,24,27)(H,25,26). The number of nitrogens with zero attached hydrogens (tertiary/aromatic N) is 2. The molecule has 0 radical (unpaired) electrons. The molecule has 148 valence electrons. The van der Waals surface area contributed by atoms with Crippen molar-refractivity contribution in [2.45, 2.75) is 32.5 Å². The predicted octanol–water partition coefficient (Wildman–Crippen LogP) is 4.13. The normalized spacial score (nSPS) is 11.8. The average molecular weight is 391 g/mol. The van der Waals surface area contributed by atoms with Crippen LogP contribution in [0.1, 0.15) is 30.6 Å². The van der Waals surface area contributed by atoms with Crippen LogP contribution >= 0.6 is 0 Å². The Morgan fingerprint density at radius 2 is 2.00 bits per heavy atom. The SMILES string of the molecule is CC(C)Nc1c(C(=O)NCCC(F)(F)F)cnc2ccc(-c3cn[nH]c3)cc12. The van der Waals surface area contributed by atoms with E-state index in [1.807, 2.05) is 32.0 Å². The van der Waals surface area contributed by atoms with Crippen LogP contribution in [0.5, 0.6) is 0 Å². The smallest absolute Gasteiger partial charge is 0.382 e. The molecule has 0 saturated carbocycles. The summed E-state index contributed by atoms with van der Waals surface area (Å²) in [6.45, 7) is 3.34. The lowest BCUT2D eigenvalue weighted by Gasteiger charge is -2.17. The minimum Gasteiger partial charge on any atom is -0.382 e. The van der Waals surface area contributed by atoms with Gasteiger partial charge in [0.25, 0.3) is 5.91 Å². The summed E-state index contributed by atoms with van der Waals surface area (Å²) in [7, 11) is 0. The fourth-order valence-electron chi connectivity index (χ4n) is 2.81. The van der Waals surface area contributed by atoms with E-state index in [0.29, 0.717) is 16.6 Å². The molecule has 0 spiro atoms. The summed E-state index contributed by atoms with van der Waals surface area (Å²) in [6.07, 6.45) is -0.603. The number of pyridine rings is 1. The van der Waals surface area contributed by atoms with E-state index in [1.54, 1.807) is 12.4 Å².